The van der Waals surface area contributed by atoms with E-state index in [0.29, 0.717) is 0 Å². The zero-order chi connectivity index (χ0) is 18.0. The van der Waals surface area contributed by atoms with Crippen LogP contribution >= 0.6 is 0 Å². The lowest BCUT2D eigenvalue weighted by molar-refractivity contribution is -0.917. The van der Waals surface area contributed by atoms with Crippen molar-refractivity contribution in [3.8, 4) is 0 Å². The molecular weight excluding hydrogens is 298 g/mol. The molecule has 0 radical (unpaired) electrons. The number of likely N-dealkylation sites (N-methyl/N-ethyl adjacent to an activating group) is 1. The van der Waals surface area contributed by atoms with Gasteiger partial charge in [0.1, 0.15) is 6.04 Å². The SMILES string of the molecule is CCCCCCCC[N+](C)(C)[C@@H](C)[C@H](OC(C)=O)c1ccccc1. The minimum atomic E-state index is -0.213. The van der Waals surface area contributed by atoms with Gasteiger partial charge in [-0.2, -0.15) is 0 Å². The number of rotatable bonds is 11. The van der Waals surface area contributed by atoms with Crippen molar-refractivity contribution in [1.82, 2.24) is 0 Å². The quantitative estimate of drug-likeness (QED) is 0.319. The fourth-order valence-corrected chi connectivity index (χ4v) is 3.14. The van der Waals surface area contributed by atoms with Gasteiger partial charge in [0.2, 0.25) is 0 Å². The molecule has 136 valence electrons. The number of unbranched alkanes of at least 4 members (excludes halogenated alkanes) is 5. The first-order valence-electron chi connectivity index (χ1n) is 9.43. The molecule has 1 aromatic carbocycles. The molecule has 0 aliphatic heterocycles. The number of quaternary nitrogens is 1. The van der Waals surface area contributed by atoms with Crippen molar-refractivity contribution in [3.63, 3.8) is 0 Å². The Morgan fingerprint density at radius 2 is 1.62 bits per heavy atom. The van der Waals surface area contributed by atoms with Crippen molar-refractivity contribution in [2.24, 2.45) is 0 Å². The monoisotopic (exact) mass is 334 g/mol. The minimum Gasteiger partial charge on any atom is -0.451 e. The second-order valence-electron chi connectivity index (χ2n) is 7.45. The lowest BCUT2D eigenvalue weighted by Gasteiger charge is -2.40. The second-order valence-corrected chi connectivity index (χ2v) is 7.45. The highest BCUT2D eigenvalue weighted by Crippen LogP contribution is 2.28. The maximum absolute atomic E-state index is 11.6. The van der Waals surface area contributed by atoms with Crippen LogP contribution in [-0.4, -0.2) is 37.1 Å². The van der Waals surface area contributed by atoms with Crippen LogP contribution in [0.4, 0.5) is 0 Å². The van der Waals surface area contributed by atoms with Crippen molar-refractivity contribution in [2.45, 2.75) is 71.4 Å². The summed E-state index contributed by atoms with van der Waals surface area (Å²) in [5.74, 6) is -0.213. The minimum absolute atomic E-state index is 0.196. The van der Waals surface area contributed by atoms with Gasteiger partial charge < -0.3 is 9.22 Å². The van der Waals surface area contributed by atoms with E-state index < -0.39 is 0 Å². The lowest BCUT2D eigenvalue weighted by atomic mass is 10.00. The first kappa shape index (κ1) is 20.7. The van der Waals surface area contributed by atoms with E-state index in [-0.39, 0.29) is 18.1 Å². The summed E-state index contributed by atoms with van der Waals surface area (Å²) in [5.41, 5.74) is 1.08. The van der Waals surface area contributed by atoms with Gasteiger partial charge in [0.15, 0.2) is 6.10 Å². The molecule has 0 saturated carbocycles. The maximum atomic E-state index is 11.6. The Balaban J connectivity index is 2.66. The number of carbonyl (C=O) groups excluding carboxylic acids is 1. The molecule has 0 heterocycles. The number of carbonyl (C=O) groups is 1. The summed E-state index contributed by atoms with van der Waals surface area (Å²) in [7, 11) is 4.49. The molecule has 1 rings (SSSR count). The Bertz CT molecular complexity index is 470. The molecule has 2 atom stereocenters. The first-order chi connectivity index (χ1) is 11.4. The van der Waals surface area contributed by atoms with E-state index in [0.717, 1.165) is 16.6 Å². The van der Waals surface area contributed by atoms with Crippen LogP contribution in [0.25, 0.3) is 0 Å². The van der Waals surface area contributed by atoms with Gasteiger partial charge in [0.25, 0.3) is 0 Å². The Kier molecular flexibility index (Phi) is 9.05. The third-order valence-corrected chi connectivity index (χ3v) is 5.05. The highest BCUT2D eigenvalue weighted by atomic mass is 16.5. The van der Waals surface area contributed by atoms with Crippen LogP contribution in [0.3, 0.4) is 0 Å². The maximum Gasteiger partial charge on any atom is 0.303 e. The molecular formula is C21H36NO2+. The van der Waals surface area contributed by atoms with E-state index in [2.05, 4.69) is 40.1 Å². The topological polar surface area (TPSA) is 26.3 Å². The highest BCUT2D eigenvalue weighted by molar-refractivity contribution is 5.66. The lowest BCUT2D eigenvalue weighted by Crippen LogP contribution is -2.51. The molecule has 0 bridgehead atoms. The van der Waals surface area contributed by atoms with Gasteiger partial charge in [-0.05, 0) is 25.3 Å². The Hall–Kier alpha value is -1.35. The third kappa shape index (κ3) is 7.04. The van der Waals surface area contributed by atoms with Crippen molar-refractivity contribution < 1.29 is 14.0 Å². The van der Waals surface area contributed by atoms with Gasteiger partial charge in [0.05, 0.1) is 20.6 Å². The van der Waals surface area contributed by atoms with Crippen molar-refractivity contribution in [3.05, 3.63) is 35.9 Å². The molecule has 3 nitrogen and oxygen atoms in total. The standard InChI is InChI=1S/C21H36NO2/c1-6-7-8-9-10-14-17-22(4,5)18(2)21(24-19(3)23)20-15-12-11-13-16-20/h11-13,15-16,18,21H,6-10,14,17H2,1-5H3/q+1/t18-,21-/m0/s1. The second kappa shape index (κ2) is 10.5. The van der Waals surface area contributed by atoms with E-state index in [9.17, 15) is 4.79 Å². The van der Waals surface area contributed by atoms with Gasteiger partial charge in [-0.3, -0.25) is 4.79 Å². The average molecular weight is 335 g/mol. The van der Waals surface area contributed by atoms with Crippen molar-refractivity contribution >= 4 is 5.97 Å². The molecule has 0 aromatic heterocycles. The number of hydrogen-bond donors (Lipinski definition) is 0. The van der Waals surface area contributed by atoms with Crippen LogP contribution in [0.15, 0.2) is 30.3 Å². The summed E-state index contributed by atoms with van der Waals surface area (Å²) in [6, 6.07) is 10.3. The van der Waals surface area contributed by atoms with Crippen LogP contribution in [0.1, 0.15) is 71.0 Å². The number of nitrogens with zero attached hydrogens (tertiary/aromatic N) is 1. The highest BCUT2D eigenvalue weighted by Gasteiger charge is 2.34. The molecule has 0 spiro atoms. The number of ether oxygens (including phenoxy) is 1. The summed E-state index contributed by atoms with van der Waals surface area (Å²) in [4.78, 5) is 11.6. The van der Waals surface area contributed by atoms with Gasteiger partial charge in [-0.15, -0.1) is 0 Å². The molecule has 0 aliphatic rings. The van der Waals surface area contributed by atoms with E-state index >= 15 is 0 Å². The van der Waals surface area contributed by atoms with Crippen LogP contribution < -0.4 is 0 Å². The fourth-order valence-electron chi connectivity index (χ4n) is 3.14. The largest absolute Gasteiger partial charge is 0.451 e. The van der Waals surface area contributed by atoms with Gasteiger partial charge in [-0.1, -0.05) is 62.9 Å². The van der Waals surface area contributed by atoms with E-state index in [1.54, 1.807) is 0 Å². The molecule has 24 heavy (non-hydrogen) atoms. The first-order valence-corrected chi connectivity index (χ1v) is 9.43. The van der Waals surface area contributed by atoms with Crippen molar-refractivity contribution in [1.29, 1.82) is 0 Å². The predicted molar refractivity (Wildman–Crippen MR) is 101 cm³/mol. The smallest absolute Gasteiger partial charge is 0.303 e. The summed E-state index contributed by atoms with van der Waals surface area (Å²) < 4.78 is 6.55. The molecule has 3 heteroatoms. The molecule has 0 fully saturated rings. The molecule has 0 aliphatic carbocycles. The normalized spacial score (nSPS) is 14.2. The Labute approximate surface area is 148 Å². The molecule has 1 aromatic rings. The molecule has 0 unspecified atom stereocenters. The van der Waals surface area contributed by atoms with E-state index in [1.165, 1.54) is 45.4 Å². The van der Waals surface area contributed by atoms with Crippen LogP contribution in [-0.2, 0) is 9.53 Å². The number of esters is 1. The zero-order valence-corrected chi connectivity index (χ0v) is 16.3. The summed E-state index contributed by atoms with van der Waals surface area (Å²) >= 11 is 0. The average Bonchev–Trinajstić information content (AvgIpc) is 2.56. The summed E-state index contributed by atoms with van der Waals surface area (Å²) in [6.07, 6.45) is 7.63. The fraction of sp³-hybridized carbons (Fsp3) is 0.667. The third-order valence-electron chi connectivity index (χ3n) is 5.05. The molecule has 0 N–H and O–H groups in total. The van der Waals surface area contributed by atoms with Crippen molar-refractivity contribution in [2.75, 3.05) is 20.6 Å². The van der Waals surface area contributed by atoms with E-state index in [1.807, 2.05) is 18.2 Å². The zero-order valence-electron chi connectivity index (χ0n) is 16.3. The van der Waals surface area contributed by atoms with E-state index in [4.69, 9.17) is 4.74 Å². The van der Waals surface area contributed by atoms with Crippen LogP contribution in [0.5, 0.6) is 0 Å². The molecule has 0 saturated heterocycles. The Morgan fingerprint density at radius 3 is 2.21 bits per heavy atom. The summed E-state index contributed by atoms with van der Waals surface area (Å²) in [5, 5.41) is 0. The predicted octanol–water partition coefficient (Wildman–Crippen LogP) is 5.12. The van der Waals surface area contributed by atoms with Gasteiger partial charge in [-0.25, -0.2) is 0 Å². The van der Waals surface area contributed by atoms with Crippen LogP contribution in [0, 0.1) is 0 Å². The molecule has 0 amide bonds. The number of benzene rings is 1. The van der Waals surface area contributed by atoms with Crippen LogP contribution in [0.2, 0.25) is 0 Å². The van der Waals surface area contributed by atoms with Gasteiger partial charge >= 0.3 is 5.97 Å². The summed E-state index contributed by atoms with van der Waals surface area (Å²) in [6.45, 7) is 7.05. The number of hydrogen-bond acceptors (Lipinski definition) is 2. The van der Waals surface area contributed by atoms with Gasteiger partial charge in [0, 0.05) is 6.92 Å². The Morgan fingerprint density at radius 1 is 1.04 bits per heavy atom.